The van der Waals surface area contributed by atoms with E-state index in [1.165, 1.54) is 44.9 Å². The molecule has 0 saturated carbocycles. The summed E-state index contributed by atoms with van der Waals surface area (Å²) in [5.74, 6) is -0.876. The lowest BCUT2D eigenvalue weighted by Gasteiger charge is -2.05. The van der Waals surface area contributed by atoms with E-state index in [1.807, 2.05) is 24.3 Å². The van der Waals surface area contributed by atoms with Gasteiger partial charge in [-0.15, -0.1) is 0 Å². The van der Waals surface area contributed by atoms with E-state index in [2.05, 4.69) is 24.6 Å². The normalized spacial score (nSPS) is 11.2. The van der Waals surface area contributed by atoms with Gasteiger partial charge in [0.1, 0.15) is 6.61 Å². The van der Waals surface area contributed by atoms with Gasteiger partial charge in [0, 0.05) is 18.5 Å². The number of carbonyl (C=O) groups excluding carboxylic acids is 1. The Bertz CT molecular complexity index is 595. The van der Waals surface area contributed by atoms with Crippen molar-refractivity contribution in [3.63, 3.8) is 0 Å². The molecule has 0 aliphatic carbocycles. The lowest BCUT2D eigenvalue weighted by Crippen LogP contribution is -2.21. The van der Waals surface area contributed by atoms with Gasteiger partial charge in [-0.05, 0) is 31.2 Å². The summed E-state index contributed by atoms with van der Waals surface area (Å²) in [4.78, 5) is 27.7. The molecule has 1 rings (SSSR count). The second-order valence-corrected chi connectivity index (χ2v) is 7.39. The number of hydrogen-bond acceptors (Lipinski definition) is 4. The lowest BCUT2D eigenvalue weighted by molar-refractivity contribution is -0.137. The van der Waals surface area contributed by atoms with Gasteiger partial charge < -0.3 is 5.11 Å². The summed E-state index contributed by atoms with van der Waals surface area (Å²) in [5, 5.41) is 8.55. The summed E-state index contributed by atoms with van der Waals surface area (Å²) >= 11 is 0. The number of unbranched alkanes of at least 4 members (excludes halogenated alkanes) is 8. The van der Waals surface area contributed by atoms with Crippen LogP contribution in [-0.2, 0) is 9.63 Å². The number of ketones is 1. The third-order valence-electron chi connectivity index (χ3n) is 4.74. The van der Waals surface area contributed by atoms with Gasteiger partial charge in [0.05, 0.1) is 0 Å². The minimum absolute atomic E-state index is 0.0353. The number of nitrogens with one attached hydrogen (secondary N) is 1. The average Bonchev–Trinajstić information content (AvgIpc) is 2.72. The summed E-state index contributed by atoms with van der Waals surface area (Å²) in [6, 6.07) is 7.56. The first-order valence-electron chi connectivity index (χ1n) is 11.0. The number of hydrogen-bond donors (Lipinski definition) is 2. The van der Waals surface area contributed by atoms with Gasteiger partial charge in [-0.25, -0.2) is 5.48 Å². The highest BCUT2D eigenvalue weighted by molar-refractivity contribution is 5.97. The van der Waals surface area contributed by atoms with Crippen LogP contribution in [0, 0.1) is 0 Å². The molecule has 0 bridgehead atoms. The van der Waals surface area contributed by atoms with Gasteiger partial charge >= 0.3 is 5.97 Å². The first kappa shape index (κ1) is 25.1. The molecule has 0 atom stereocenters. The van der Waals surface area contributed by atoms with Gasteiger partial charge in [0.2, 0.25) is 0 Å². The summed E-state index contributed by atoms with van der Waals surface area (Å²) in [6.45, 7) is 2.74. The zero-order valence-corrected chi connectivity index (χ0v) is 17.8. The van der Waals surface area contributed by atoms with Crippen molar-refractivity contribution in [2.75, 3.05) is 13.2 Å². The number of hydroxylamine groups is 1. The van der Waals surface area contributed by atoms with Crippen LogP contribution in [0.3, 0.4) is 0 Å². The smallest absolute Gasteiger partial charge is 0.303 e. The molecule has 1 aromatic rings. The number of aliphatic carboxylic acids is 1. The van der Waals surface area contributed by atoms with E-state index >= 15 is 0 Å². The largest absolute Gasteiger partial charge is 0.481 e. The number of allylic oxidation sites excluding steroid dienone is 1. The van der Waals surface area contributed by atoms with Gasteiger partial charge in [-0.2, -0.15) is 0 Å². The molecule has 1 aromatic carbocycles. The molecule has 0 saturated heterocycles. The second-order valence-electron chi connectivity index (χ2n) is 7.39. The fraction of sp³-hybridized carbons (Fsp3) is 0.583. The number of carboxylic acids is 1. The summed E-state index contributed by atoms with van der Waals surface area (Å²) in [5.41, 5.74) is 4.43. The molecule has 0 fully saturated rings. The van der Waals surface area contributed by atoms with E-state index in [4.69, 9.17) is 9.94 Å². The van der Waals surface area contributed by atoms with E-state index in [0.717, 1.165) is 12.0 Å². The topological polar surface area (TPSA) is 75.6 Å². The van der Waals surface area contributed by atoms with Gasteiger partial charge in [-0.3, -0.25) is 14.4 Å². The molecule has 0 spiro atoms. The van der Waals surface area contributed by atoms with Crippen molar-refractivity contribution in [3.05, 3.63) is 41.5 Å². The van der Waals surface area contributed by atoms with Crippen molar-refractivity contribution in [2.24, 2.45) is 0 Å². The third kappa shape index (κ3) is 13.8. The summed E-state index contributed by atoms with van der Waals surface area (Å²) < 4.78 is 0. The minimum Gasteiger partial charge on any atom is -0.481 e. The van der Waals surface area contributed by atoms with Crippen LogP contribution in [0.1, 0.15) is 93.5 Å². The van der Waals surface area contributed by atoms with Crippen LogP contribution in [0.4, 0.5) is 0 Å². The predicted octanol–water partition coefficient (Wildman–Crippen LogP) is 5.80. The van der Waals surface area contributed by atoms with Crippen LogP contribution in [0.2, 0.25) is 0 Å². The molecular formula is C24H37NO4. The molecule has 0 unspecified atom stereocenters. The number of Topliss-reactive ketones (excluding diaryl/α,β-unsaturated/α-hetero) is 1. The molecule has 0 amide bonds. The van der Waals surface area contributed by atoms with Crippen molar-refractivity contribution in [2.45, 2.75) is 77.6 Å². The summed E-state index contributed by atoms with van der Waals surface area (Å²) in [7, 11) is 0. The van der Waals surface area contributed by atoms with Crippen LogP contribution < -0.4 is 5.48 Å². The van der Waals surface area contributed by atoms with E-state index in [0.29, 0.717) is 24.9 Å². The Balaban J connectivity index is 2.14. The highest BCUT2D eigenvalue weighted by Gasteiger charge is 2.05. The van der Waals surface area contributed by atoms with Gasteiger partial charge in [0.25, 0.3) is 0 Å². The van der Waals surface area contributed by atoms with Crippen molar-refractivity contribution >= 4 is 17.8 Å². The Morgan fingerprint density at radius 3 is 2.34 bits per heavy atom. The van der Waals surface area contributed by atoms with Crippen LogP contribution in [0.25, 0.3) is 6.08 Å². The SMILES string of the molecule is CCCCCCCCCC=Cc1ccc(C(=O)CONCCCCC(=O)O)cc1. The third-order valence-corrected chi connectivity index (χ3v) is 4.74. The van der Waals surface area contributed by atoms with E-state index in [-0.39, 0.29) is 18.8 Å². The molecule has 162 valence electrons. The van der Waals surface area contributed by atoms with Crippen LogP contribution in [0.15, 0.2) is 30.3 Å². The number of carboxylic acid groups (broad SMARTS) is 1. The number of benzene rings is 1. The summed E-state index contributed by atoms with van der Waals surface area (Å²) in [6.07, 6.45) is 16.1. The maximum Gasteiger partial charge on any atom is 0.303 e. The molecule has 5 nitrogen and oxygen atoms in total. The highest BCUT2D eigenvalue weighted by atomic mass is 16.6. The maximum atomic E-state index is 12.1. The zero-order valence-electron chi connectivity index (χ0n) is 17.8. The maximum absolute atomic E-state index is 12.1. The first-order chi connectivity index (χ1) is 14.1. The van der Waals surface area contributed by atoms with E-state index in [1.54, 1.807) is 0 Å². The monoisotopic (exact) mass is 403 g/mol. The molecule has 5 heteroatoms. The number of carbonyl (C=O) groups is 2. The molecule has 0 aliphatic heterocycles. The minimum atomic E-state index is -0.794. The average molecular weight is 404 g/mol. The standard InChI is InChI=1S/C24H37NO4/c1-2-3-4-5-6-7-8-9-10-13-21-15-17-22(18-16-21)23(26)20-29-25-19-12-11-14-24(27)28/h10,13,15-18,25H,2-9,11-12,14,19-20H2,1H3,(H,27,28). The van der Waals surface area contributed by atoms with Crippen LogP contribution >= 0.6 is 0 Å². The van der Waals surface area contributed by atoms with Crippen molar-refractivity contribution in [1.82, 2.24) is 5.48 Å². The van der Waals surface area contributed by atoms with Crippen LogP contribution in [-0.4, -0.2) is 30.0 Å². The Labute approximate surface area is 175 Å². The van der Waals surface area contributed by atoms with Gasteiger partial charge in [-0.1, -0.05) is 81.9 Å². The molecule has 0 aliphatic rings. The molecule has 29 heavy (non-hydrogen) atoms. The quantitative estimate of drug-likeness (QED) is 0.184. The fourth-order valence-corrected chi connectivity index (χ4v) is 2.96. The van der Waals surface area contributed by atoms with E-state index < -0.39 is 5.97 Å². The Hall–Kier alpha value is -1.98. The molecule has 0 aromatic heterocycles. The molecular weight excluding hydrogens is 366 g/mol. The Morgan fingerprint density at radius 1 is 0.966 bits per heavy atom. The predicted molar refractivity (Wildman–Crippen MR) is 118 cm³/mol. The van der Waals surface area contributed by atoms with Crippen molar-refractivity contribution < 1.29 is 19.5 Å². The molecule has 0 radical (unpaired) electrons. The Kier molecular flexibility index (Phi) is 14.6. The highest BCUT2D eigenvalue weighted by Crippen LogP contribution is 2.11. The first-order valence-corrected chi connectivity index (χ1v) is 11.0. The van der Waals surface area contributed by atoms with Gasteiger partial charge in [0.15, 0.2) is 5.78 Å². The molecule has 2 N–H and O–H groups in total. The van der Waals surface area contributed by atoms with E-state index in [9.17, 15) is 9.59 Å². The fourth-order valence-electron chi connectivity index (χ4n) is 2.96. The number of rotatable bonds is 18. The van der Waals surface area contributed by atoms with Crippen LogP contribution in [0.5, 0.6) is 0 Å². The van der Waals surface area contributed by atoms with Crippen molar-refractivity contribution in [1.29, 1.82) is 0 Å². The lowest BCUT2D eigenvalue weighted by atomic mass is 10.1. The second kappa shape index (κ2) is 16.9. The Morgan fingerprint density at radius 2 is 1.66 bits per heavy atom. The molecule has 0 heterocycles. The zero-order chi connectivity index (χ0) is 21.2. The van der Waals surface area contributed by atoms with Crippen molar-refractivity contribution in [3.8, 4) is 0 Å².